The highest BCUT2D eigenvalue weighted by atomic mass is 35.5. The monoisotopic (exact) mass is 284 g/mol. The van der Waals surface area contributed by atoms with Gasteiger partial charge in [0.25, 0.3) is 0 Å². The first-order valence-corrected chi connectivity index (χ1v) is 6.45. The molecule has 96 valence electrons. The maximum absolute atomic E-state index is 11.1. The number of carbonyl (C=O) groups is 1. The Hall–Kier alpha value is -0.990. The average molecular weight is 285 g/mol. The fraction of sp³-hybridized carbons (Fsp3) is 0.357. The van der Waals surface area contributed by atoms with Crippen LogP contribution >= 0.6 is 23.2 Å². The molecule has 2 rings (SSSR count). The number of benzene rings is 1. The molecule has 0 aliphatic heterocycles. The van der Waals surface area contributed by atoms with E-state index >= 15 is 0 Å². The highest BCUT2D eigenvalue weighted by molar-refractivity contribution is 6.48. The molecule has 0 bridgehead atoms. The fourth-order valence-electron chi connectivity index (χ4n) is 2.32. The quantitative estimate of drug-likeness (QED) is 0.900. The fourth-order valence-corrected chi connectivity index (χ4v) is 2.71. The molecule has 1 N–H and O–H groups in total. The summed E-state index contributed by atoms with van der Waals surface area (Å²) in [6, 6.07) is 7.18. The van der Waals surface area contributed by atoms with E-state index in [1.165, 1.54) is 0 Å². The van der Waals surface area contributed by atoms with Gasteiger partial charge in [-0.1, -0.05) is 55.3 Å². The number of rotatable bonds is 3. The van der Waals surface area contributed by atoms with E-state index in [4.69, 9.17) is 28.3 Å². The zero-order valence-electron chi connectivity index (χ0n) is 10.2. The first kappa shape index (κ1) is 13.4. The van der Waals surface area contributed by atoms with E-state index in [-0.39, 0.29) is 17.3 Å². The lowest BCUT2D eigenvalue weighted by Crippen LogP contribution is -2.03. The van der Waals surface area contributed by atoms with Crippen molar-refractivity contribution in [3.8, 4) is 0 Å². The summed E-state index contributed by atoms with van der Waals surface area (Å²) in [6.07, 6.45) is 1.84. The minimum Gasteiger partial charge on any atom is -0.481 e. The first-order valence-electron chi connectivity index (χ1n) is 5.70. The molecule has 0 heterocycles. The third kappa shape index (κ3) is 2.40. The Kier molecular flexibility index (Phi) is 3.43. The Labute approximate surface area is 116 Å². The molecular formula is C14H14Cl2O2. The highest BCUT2D eigenvalue weighted by Crippen LogP contribution is 2.59. The van der Waals surface area contributed by atoms with Crippen LogP contribution in [0.4, 0.5) is 0 Å². The van der Waals surface area contributed by atoms with Crippen LogP contribution in [0.5, 0.6) is 0 Å². The van der Waals surface area contributed by atoms with Crippen molar-refractivity contribution in [2.75, 3.05) is 0 Å². The van der Waals surface area contributed by atoms with Gasteiger partial charge >= 0.3 is 5.97 Å². The van der Waals surface area contributed by atoms with Gasteiger partial charge in [-0.3, -0.25) is 4.79 Å². The molecular weight excluding hydrogens is 271 g/mol. The molecule has 2 atom stereocenters. The van der Waals surface area contributed by atoms with Crippen molar-refractivity contribution in [1.29, 1.82) is 0 Å². The van der Waals surface area contributed by atoms with Crippen LogP contribution in [-0.2, 0) is 4.79 Å². The second kappa shape index (κ2) is 4.60. The van der Waals surface area contributed by atoms with E-state index in [0.717, 1.165) is 5.56 Å². The second-order valence-electron chi connectivity index (χ2n) is 5.18. The summed E-state index contributed by atoms with van der Waals surface area (Å²) >= 11 is 12.0. The molecule has 1 aromatic carbocycles. The Balaban J connectivity index is 2.20. The lowest BCUT2D eigenvalue weighted by atomic mass is 10.1. The van der Waals surface area contributed by atoms with Crippen LogP contribution in [0, 0.1) is 17.3 Å². The molecule has 1 aliphatic rings. The number of allylic oxidation sites excluding steroid dienone is 1. The topological polar surface area (TPSA) is 37.3 Å². The maximum atomic E-state index is 11.1. The lowest BCUT2D eigenvalue weighted by Gasteiger charge is -2.01. The summed E-state index contributed by atoms with van der Waals surface area (Å²) in [6.45, 7) is 3.89. The highest BCUT2D eigenvalue weighted by Gasteiger charge is 2.60. The van der Waals surface area contributed by atoms with Crippen LogP contribution in [0.15, 0.2) is 30.3 Å². The van der Waals surface area contributed by atoms with Crippen LogP contribution in [0.3, 0.4) is 0 Å². The number of halogens is 2. The molecule has 4 heteroatoms. The molecule has 1 aliphatic carbocycles. The van der Waals surface area contributed by atoms with E-state index in [1.54, 1.807) is 12.1 Å². The predicted molar refractivity (Wildman–Crippen MR) is 73.7 cm³/mol. The molecule has 0 spiro atoms. The summed E-state index contributed by atoms with van der Waals surface area (Å²) in [5, 5.41) is 10.3. The summed E-state index contributed by atoms with van der Waals surface area (Å²) in [5.41, 5.74) is 0.631. The van der Waals surface area contributed by atoms with E-state index in [2.05, 4.69) is 0 Å². The number of carboxylic acids is 1. The second-order valence-corrected chi connectivity index (χ2v) is 6.03. The van der Waals surface area contributed by atoms with E-state index in [9.17, 15) is 4.79 Å². The van der Waals surface area contributed by atoms with Gasteiger partial charge in [0.15, 0.2) is 0 Å². The van der Waals surface area contributed by atoms with Crippen molar-refractivity contribution in [3.63, 3.8) is 0 Å². The molecule has 0 unspecified atom stereocenters. The van der Waals surface area contributed by atoms with E-state index in [1.807, 2.05) is 32.1 Å². The van der Waals surface area contributed by atoms with Gasteiger partial charge in [0, 0.05) is 10.1 Å². The molecule has 1 saturated carbocycles. The molecule has 2 nitrogen and oxygen atoms in total. The SMILES string of the molecule is CC1(C)[C@H](C=C(Cl)c2ccc(Cl)cc2)[C@H]1C(=O)O. The number of hydrogen-bond acceptors (Lipinski definition) is 1. The van der Waals surface area contributed by atoms with Gasteiger partial charge < -0.3 is 5.11 Å². The Bertz CT molecular complexity index is 503. The van der Waals surface area contributed by atoms with Gasteiger partial charge in [-0.25, -0.2) is 0 Å². The van der Waals surface area contributed by atoms with Gasteiger partial charge in [-0.05, 0) is 29.0 Å². The Morgan fingerprint density at radius 1 is 1.33 bits per heavy atom. The molecule has 0 aromatic heterocycles. The molecule has 0 radical (unpaired) electrons. The van der Waals surface area contributed by atoms with Crippen molar-refractivity contribution < 1.29 is 9.90 Å². The Morgan fingerprint density at radius 3 is 2.33 bits per heavy atom. The minimum absolute atomic E-state index is 0.0156. The van der Waals surface area contributed by atoms with Gasteiger partial charge in [-0.15, -0.1) is 0 Å². The van der Waals surface area contributed by atoms with Crippen LogP contribution < -0.4 is 0 Å². The van der Waals surface area contributed by atoms with Crippen LogP contribution in [0.2, 0.25) is 5.02 Å². The standard InChI is InChI=1S/C14H14Cl2O2/c1-14(2)10(12(14)13(17)18)7-11(16)8-3-5-9(15)6-4-8/h3-7,10,12H,1-2H3,(H,17,18)/t10-,12+/m1/s1. The number of aliphatic carboxylic acids is 1. The summed E-state index contributed by atoms with van der Waals surface area (Å²) in [5.74, 6) is -1.13. The normalized spacial score (nSPS) is 25.9. The summed E-state index contributed by atoms with van der Waals surface area (Å²) in [7, 11) is 0. The molecule has 0 amide bonds. The number of hydrogen-bond donors (Lipinski definition) is 1. The van der Waals surface area contributed by atoms with Gasteiger partial charge in [0.1, 0.15) is 0 Å². The van der Waals surface area contributed by atoms with Gasteiger partial charge in [0.2, 0.25) is 0 Å². The smallest absolute Gasteiger partial charge is 0.307 e. The van der Waals surface area contributed by atoms with Crippen LogP contribution in [0.25, 0.3) is 5.03 Å². The third-order valence-corrected chi connectivity index (χ3v) is 4.22. The van der Waals surface area contributed by atoms with Crippen molar-refractivity contribution in [1.82, 2.24) is 0 Å². The third-order valence-electron chi connectivity index (χ3n) is 3.62. The number of carboxylic acid groups (broad SMARTS) is 1. The molecule has 1 aromatic rings. The maximum Gasteiger partial charge on any atom is 0.307 e. The Morgan fingerprint density at radius 2 is 1.89 bits per heavy atom. The largest absolute Gasteiger partial charge is 0.481 e. The molecule has 18 heavy (non-hydrogen) atoms. The van der Waals surface area contributed by atoms with Gasteiger partial charge in [-0.2, -0.15) is 0 Å². The lowest BCUT2D eigenvalue weighted by molar-refractivity contribution is -0.139. The van der Waals surface area contributed by atoms with Crippen molar-refractivity contribution in [2.45, 2.75) is 13.8 Å². The van der Waals surface area contributed by atoms with Crippen molar-refractivity contribution in [3.05, 3.63) is 40.9 Å². The van der Waals surface area contributed by atoms with Crippen LogP contribution in [0.1, 0.15) is 19.4 Å². The zero-order chi connectivity index (χ0) is 13.5. The van der Waals surface area contributed by atoms with Crippen molar-refractivity contribution in [2.24, 2.45) is 17.3 Å². The van der Waals surface area contributed by atoms with E-state index in [0.29, 0.717) is 10.1 Å². The van der Waals surface area contributed by atoms with Crippen LogP contribution in [-0.4, -0.2) is 11.1 Å². The summed E-state index contributed by atoms with van der Waals surface area (Å²) in [4.78, 5) is 11.1. The van der Waals surface area contributed by atoms with Gasteiger partial charge in [0.05, 0.1) is 5.92 Å². The first-order chi connectivity index (χ1) is 8.34. The average Bonchev–Trinajstić information content (AvgIpc) is 2.81. The predicted octanol–water partition coefficient (Wildman–Crippen LogP) is 4.28. The molecule has 1 fully saturated rings. The van der Waals surface area contributed by atoms with Crippen molar-refractivity contribution >= 4 is 34.2 Å². The minimum atomic E-state index is -0.762. The summed E-state index contributed by atoms with van der Waals surface area (Å²) < 4.78 is 0. The van der Waals surface area contributed by atoms with E-state index < -0.39 is 5.97 Å². The zero-order valence-corrected chi connectivity index (χ0v) is 11.7. The molecule has 0 saturated heterocycles.